The fourth-order valence-electron chi connectivity index (χ4n) is 1.62. The molecule has 1 aliphatic carbocycles. The number of carboxylic acid groups (broad SMARTS) is 1. The lowest BCUT2D eigenvalue weighted by Gasteiger charge is -2.14. The molecule has 4 nitrogen and oxygen atoms in total. The van der Waals surface area contributed by atoms with Crippen molar-refractivity contribution in [2.45, 2.75) is 18.9 Å². The highest BCUT2D eigenvalue weighted by Gasteiger charge is 2.25. The second-order valence-electron chi connectivity index (χ2n) is 4.21. The van der Waals surface area contributed by atoms with E-state index < -0.39 is 12.0 Å². The molecule has 1 aromatic carbocycles. The molecule has 0 radical (unpaired) electrons. The molecule has 0 aliphatic heterocycles. The maximum atomic E-state index is 11.1. The molecule has 16 heavy (non-hydrogen) atoms. The molecule has 0 bridgehead atoms. The Morgan fingerprint density at radius 2 is 2.00 bits per heavy atom. The Balaban J connectivity index is 2.04. The number of rotatable bonds is 5. The fraction of sp³-hybridized carbons (Fsp3) is 0.417. The van der Waals surface area contributed by atoms with E-state index >= 15 is 0 Å². The van der Waals surface area contributed by atoms with Crippen LogP contribution in [0, 0.1) is 5.92 Å². The predicted molar refractivity (Wildman–Crippen MR) is 59.2 cm³/mol. The molecule has 1 atom stereocenters. The number of nitrogens with one attached hydrogen (secondary N) is 1. The summed E-state index contributed by atoms with van der Waals surface area (Å²) in [5.41, 5.74) is 0.672. The summed E-state index contributed by atoms with van der Waals surface area (Å²) in [5.74, 6) is -0.0969. The van der Waals surface area contributed by atoms with Gasteiger partial charge in [-0.1, -0.05) is 12.1 Å². The molecular weight excluding hydrogens is 206 g/mol. The molecule has 1 saturated carbocycles. The third-order valence-corrected chi connectivity index (χ3v) is 2.78. The lowest BCUT2D eigenvalue weighted by atomic mass is 10.1. The van der Waals surface area contributed by atoms with Crippen LogP contribution in [0.15, 0.2) is 24.3 Å². The first-order valence-corrected chi connectivity index (χ1v) is 5.42. The molecule has 2 rings (SSSR count). The van der Waals surface area contributed by atoms with Crippen molar-refractivity contribution in [3.63, 3.8) is 0 Å². The largest absolute Gasteiger partial charge is 0.508 e. The fourth-order valence-corrected chi connectivity index (χ4v) is 1.62. The topological polar surface area (TPSA) is 69.6 Å². The monoisotopic (exact) mass is 221 g/mol. The Bertz CT molecular complexity index is 370. The highest BCUT2D eigenvalue weighted by atomic mass is 16.4. The van der Waals surface area contributed by atoms with Crippen LogP contribution in [0.1, 0.15) is 24.4 Å². The molecule has 4 heteroatoms. The number of benzene rings is 1. The molecule has 86 valence electrons. The van der Waals surface area contributed by atoms with Crippen LogP contribution in [0.5, 0.6) is 5.75 Å². The lowest BCUT2D eigenvalue weighted by Crippen LogP contribution is -2.30. The molecule has 0 heterocycles. The van der Waals surface area contributed by atoms with Crippen LogP contribution in [-0.4, -0.2) is 22.7 Å². The number of carbonyl (C=O) groups is 1. The maximum Gasteiger partial charge on any atom is 0.325 e. The molecule has 1 aliphatic rings. The summed E-state index contributed by atoms with van der Waals surface area (Å²) in [5, 5.41) is 21.3. The molecule has 0 amide bonds. The van der Waals surface area contributed by atoms with Gasteiger partial charge in [-0.3, -0.25) is 4.79 Å². The van der Waals surface area contributed by atoms with Crippen molar-refractivity contribution in [3.05, 3.63) is 29.8 Å². The zero-order valence-electron chi connectivity index (χ0n) is 8.89. The SMILES string of the molecule is O=C(O)C(NCC1CC1)c1ccc(O)cc1. The number of hydrogen-bond donors (Lipinski definition) is 3. The van der Waals surface area contributed by atoms with E-state index in [9.17, 15) is 4.79 Å². The van der Waals surface area contributed by atoms with Gasteiger partial charge in [0, 0.05) is 0 Å². The van der Waals surface area contributed by atoms with E-state index in [0.29, 0.717) is 11.5 Å². The van der Waals surface area contributed by atoms with Gasteiger partial charge < -0.3 is 15.5 Å². The van der Waals surface area contributed by atoms with E-state index in [1.807, 2.05) is 0 Å². The van der Waals surface area contributed by atoms with Crippen molar-refractivity contribution in [2.75, 3.05) is 6.54 Å². The molecule has 1 aromatic rings. The van der Waals surface area contributed by atoms with E-state index in [-0.39, 0.29) is 5.75 Å². The van der Waals surface area contributed by atoms with Gasteiger partial charge in [-0.25, -0.2) is 0 Å². The van der Waals surface area contributed by atoms with Crippen molar-refractivity contribution in [3.8, 4) is 5.75 Å². The van der Waals surface area contributed by atoms with Crippen molar-refractivity contribution in [2.24, 2.45) is 5.92 Å². The molecule has 0 saturated heterocycles. The summed E-state index contributed by atoms with van der Waals surface area (Å²) >= 11 is 0. The quantitative estimate of drug-likeness (QED) is 0.705. The zero-order valence-corrected chi connectivity index (χ0v) is 8.89. The summed E-state index contributed by atoms with van der Waals surface area (Å²) in [6.07, 6.45) is 2.38. The van der Waals surface area contributed by atoms with Gasteiger partial charge in [-0.15, -0.1) is 0 Å². The Hall–Kier alpha value is -1.55. The number of phenolic OH excluding ortho intramolecular Hbond substituents is 1. The van der Waals surface area contributed by atoms with Gasteiger partial charge in [-0.2, -0.15) is 0 Å². The van der Waals surface area contributed by atoms with E-state index in [2.05, 4.69) is 5.32 Å². The number of hydrogen-bond acceptors (Lipinski definition) is 3. The minimum atomic E-state index is -0.883. The van der Waals surface area contributed by atoms with Gasteiger partial charge in [0.2, 0.25) is 0 Å². The number of carboxylic acids is 1. The Kier molecular flexibility index (Phi) is 3.10. The smallest absolute Gasteiger partial charge is 0.325 e. The van der Waals surface area contributed by atoms with Gasteiger partial charge in [0.1, 0.15) is 11.8 Å². The first-order valence-electron chi connectivity index (χ1n) is 5.42. The average Bonchev–Trinajstić information content (AvgIpc) is 3.04. The molecule has 3 N–H and O–H groups in total. The van der Waals surface area contributed by atoms with Crippen molar-refractivity contribution < 1.29 is 15.0 Å². The van der Waals surface area contributed by atoms with Crippen LogP contribution in [-0.2, 0) is 4.79 Å². The summed E-state index contributed by atoms with van der Waals surface area (Å²) < 4.78 is 0. The highest BCUT2D eigenvalue weighted by molar-refractivity contribution is 5.75. The third-order valence-electron chi connectivity index (χ3n) is 2.78. The minimum Gasteiger partial charge on any atom is -0.508 e. The van der Waals surface area contributed by atoms with E-state index in [0.717, 1.165) is 6.54 Å². The van der Waals surface area contributed by atoms with Crippen LogP contribution >= 0.6 is 0 Å². The molecule has 0 aromatic heterocycles. The van der Waals surface area contributed by atoms with Gasteiger partial charge in [0.05, 0.1) is 0 Å². The zero-order chi connectivity index (χ0) is 11.5. The standard InChI is InChI=1S/C12H15NO3/c14-10-5-3-9(4-6-10)11(12(15)16)13-7-8-1-2-8/h3-6,8,11,13-14H,1-2,7H2,(H,15,16). The summed E-state index contributed by atoms with van der Waals surface area (Å²) in [6, 6.07) is 5.59. The molecule has 1 unspecified atom stereocenters. The van der Waals surface area contributed by atoms with Gasteiger partial charge in [0.25, 0.3) is 0 Å². The molecule has 0 spiro atoms. The van der Waals surface area contributed by atoms with Gasteiger partial charge in [-0.05, 0) is 43.0 Å². The average molecular weight is 221 g/mol. The Labute approximate surface area is 93.9 Å². The Morgan fingerprint density at radius 1 is 1.38 bits per heavy atom. The van der Waals surface area contributed by atoms with Crippen LogP contribution in [0.3, 0.4) is 0 Å². The normalized spacial score (nSPS) is 17.0. The van der Waals surface area contributed by atoms with E-state index in [1.165, 1.54) is 25.0 Å². The lowest BCUT2D eigenvalue weighted by molar-refractivity contribution is -0.139. The number of aliphatic carboxylic acids is 1. The second kappa shape index (κ2) is 4.53. The minimum absolute atomic E-state index is 0.148. The van der Waals surface area contributed by atoms with E-state index in [1.54, 1.807) is 12.1 Å². The number of aromatic hydroxyl groups is 1. The summed E-state index contributed by atoms with van der Waals surface area (Å²) in [4.78, 5) is 11.1. The first kappa shape index (κ1) is 11.0. The Morgan fingerprint density at radius 3 is 2.50 bits per heavy atom. The van der Waals surface area contributed by atoms with Crippen LogP contribution in [0.4, 0.5) is 0 Å². The predicted octanol–water partition coefficient (Wildman–Crippen LogP) is 1.52. The third kappa shape index (κ3) is 2.73. The van der Waals surface area contributed by atoms with Gasteiger partial charge >= 0.3 is 5.97 Å². The van der Waals surface area contributed by atoms with E-state index in [4.69, 9.17) is 10.2 Å². The van der Waals surface area contributed by atoms with Crippen molar-refractivity contribution >= 4 is 5.97 Å². The van der Waals surface area contributed by atoms with Crippen LogP contribution in [0.2, 0.25) is 0 Å². The van der Waals surface area contributed by atoms with Crippen molar-refractivity contribution in [1.29, 1.82) is 0 Å². The first-order chi connectivity index (χ1) is 7.66. The number of phenols is 1. The summed E-state index contributed by atoms with van der Waals surface area (Å²) in [6.45, 7) is 0.748. The van der Waals surface area contributed by atoms with Crippen LogP contribution < -0.4 is 5.32 Å². The maximum absolute atomic E-state index is 11.1. The van der Waals surface area contributed by atoms with Crippen molar-refractivity contribution in [1.82, 2.24) is 5.32 Å². The molecular formula is C12H15NO3. The van der Waals surface area contributed by atoms with Gasteiger partial charge in [0.15, 0.2) is 0 Å². The second-order valence-corrected chi connectivity index (χ2v) is 4.21. The summed E-state index contributed by atoms with van der Waals surface area (Å²) in [7, 11) is 0. The van der Waals surface area contributed by atoms with Crippen LogP contribution in [0.25, 0.3) is 0 Å². The highest BCUT2D eigenvalue weighted by Crippen LogP contribution is 2.28. The molecule has 1 fully saturated rings.